The molecule has 0 aliphatic heterocycles. The fraction of sp³-hybridized carbons (Fsp3) is 0.286. The van der Waals surface area contributed by atoms with Crippen molar-refractivity contribution in [3.05, 3.63) is 93.4 Å². The van der Waals surface area contributed by atoms with Gasteiger partial charge in [-0.15, -0.1) is 0 Å². The number of hydrogen-bond donors (Lipinski definition) is 1. The van der Waals surface area contributed by atoms with Crippen LogP contribution >= 0.6 is 27.5 Å². The molecule has 0 bridgehead atoms. The van der Waals surface area contributed by atoms with Crippen molar-refractivity contribution in [2.45, 2.75) is 51.2 Å². The molecule has 0 unspecified atom stereocenters. The number of hydrogen-bond acceptors (Lipinski definition) is 4. The first-order valence-corrected chi connectivity index (χ1v) is 14.7. The van der Waals surface area contributed by atoms with Crippen LogP contribution in [0, 0.1) is 6.92 Å². The minimum Gasteiger partial charge on any atom is -0.352 e. The molecular formula is C28H31BrClN3O4S. The number of aryl methyl sites for hydroxylation is 1. The molecule has 0 spiro atoms. The van der Waals surface area contributed by atoms with Crippen molar-refractivity contribution < 1.29 is 18.0 Å². The van der Waals surface area contributed by atoms with Crippen LogP contribution in [0.25, 0.3) is 0 Å². The lowest BCUT2D eigenvalue weighted by molar-refractivity contribution is -0.139. The van der Waals surface area contributed by atoms with E-state index in [4.69, 9.17) is 11.6 Å². The maximum atomic E-state index is 13.9. The Bertz CT molecular complexity index is 1400. The lowest BCUT2D eigenvalue weighted by Gasteiger charge is -2.32. The van der Waals surface area contributed by atoms with Gasteiger partial charge in [0.1, 0.15) is 12.6 Å². The first kappa shape index (κ1) is 29.7. The van der Waals surface area contributed by atoms with Crippen LogP contribution in [0.4, 0.5) is 5.69 Å². The van der Waals surface area contributed by atoms with E-state index in [0.29, 0.717) is 5.02 Å². The number of carbonyl (C=O) groups is 2. The Morgan fingerprint density at radius 1 is 0.974 bits per heavy atom. The third-order valence-corrected chi connectivity index (χ3v) is 8.58. The van der Waals surface area contributed by atoms with Crippen LogP contribution in [0.15, 0.2) is 82.2 Å². The predicted molar refractivity (Wildman–Crippen MR) is 155 cm³/mol. The highest BCUT2D eigenvalue weighted by Gasteiger charge is 2.32. The summed E-state index contributed by atoms with van der Waals surface area (Å²) in [6.45, 7) is 6.69. The second-order valence-electron chi connectivity index (χ2n) is 9.25. The summed E-state index contributed by atoms with van der Waals surface area (Å²) in [7, 11) is -4.14. The van der Waals surface area contributed by atoms with Crippen molar-refractivity contribution >= 4 is 55.1 Å². The van der Waals surface area contributed by atoms with Gasteiger partial charge in [-0.2, -0.15) is 0 Å². The maximum absolute atomic E-state index is 13.9. The van der Waals surface area contributed by atoms with Crippen LogP contribution in [0.5, 0.6) is 0 Å². The molecule has 0 aromatic heterocycles. The van der Waals surface area contributed by atoms with Crippen LogP contribution in [0.3, 0.4) is 0 Å². The largest absolute Gasteiger partial charge is 0.352 e. The molecule has 0 fully saturated rings. The summed E-state index contributed by atoms with van der Waals surface area (Å²) in [6.07, 6.45) is 0. The van der Waals surface area contributed by atoms with Crippen LogP contribution in [-0.4, -0.2) is 43.8 Å². The Kier molecular flexibility index (Phi) is 9.98. The van der Waals surface area contributed by atoms with E-state index >= 15 is 0 Å². The van der Waals surface area contributed by atoms with Gasteiger partial charge in [-0.3, -0.25) is 13.9 Å². The van der Waals surface area contributed by atoms with Gasteiger partial charge in [0.05, 0.1) is 10.6 Å². The second kappa shape index (κ2) is 12.8. The van der Waals surface area contributed by atoms with Crippen LogP contribution in [-0.2, 0) is 26.2 Å². The van der Waals surface area contributed by atoms with E-state index in [2.05, 4.69) is 21.2 Å². The molecule has 3 aromatic rings. The Labute approximate surface area is 238 Å². The van der Waals surface area contributed by atoms with Gasteiger partial charge in [-0.1, -0.05) is 63.9 Å². The van der Waals surface area contributed by atoms with Crippen molar-refractivity contribution in [3.63, 3.8) is 0 Å². The minimum absolute atomic E-state index is 0.0358. The molecule has 0 saturated carbocycles. The zero-order chi connectivity index (χ0) is 28.0. The predicted octanol–water partition coefficient (Wildman–Crippen LogP) is 5.55. The van der Waals surface area contributed by atoms with Crippen LogP contribution in [0.1, 0.15) is 31.9 Å². The van der Waals surface area contributed by atoms with E-state index in [0.717, 1.165) is 19.9 Å². The summed E-state index contributed by atoms with van der Waals surface area (Å²) >= 11 is 9.78. The zero-order valence-electron chi connectivity index (χ0n) is 21.7. The first-order chi connectivity index (χ1) is 17.9. The number of nitrogens with one attached hydrogen (secondary N) is 1. The molecule has 10 heteroatoms. The molecule has 3 aromatic carbocycles. The minimum atomic E-state index is -4.14. The highest BCUT2D eigenvalue weighted by Crippen LogP contribution is 2.28. The van der Waals surface area contributed by atoms with E-state index < -0.39 is 28.5 Å². The molecule has 7 nitrogen and oxygen atoms in total. The molecule has 202 valence electrons. The number of carbonyl (C=O) groups excluding carboxylic acids is 2. The number of anilines is 1. The molecule has 0 aliphatic carbocycles. The first-order valence-electron chi connectivity index (χ1n) is 12.1. The Morgan fingerprint density at radius 3 is 2.26 bits per heavy atom. The molecule has 0 aliphatic rings. The van der Waals surface area contributed by atoms with Gasteiger partial charge in [0, 0.05) is 22.1 Å². The normalized spacial score (nSPS) is 12.2. The Balaban J connectivity index is 2.05. The van der Waals surface area contributed by atoms with E-state index in [1.165, 1.54) is 23.1 Å². The van der Waals surface area contributed by atoms with Crippen LogP contribution in [0.2, 0.25) is 5.02 Å². The van der Waals surface area contributed by atoms with Crippen molar-refractivity contribution in [2.75, 3.05) is 10.8 Å². The Morgan fingerprint density at radius 2 is 1.66 bits per heavy atom. The van der Waals surface area contributed by atoms with Crippen molar-refractivity contribution in [1.82, 2.24) is 10.2 Å². The molecule has 0 radical (unpaired) electrons. The summed E-state index contributed by atoms with van der Waals surface area (Å²) < 4.78 is 29.4. The van der Waals surface area contributed by atoms with Gasteiger partial charge >= 0.3 is 0 Å². The molecule has 2 amide bonds. The summed E-state index contributed by atoms with van der Waals surface area (Å²) in [4.78, 5) is 28.2. The van der Waals surface area contributed by atoms with Gasteiger partial charge < -0.3 is 10.2 Å². The molecule has 3 rings (SSSR count). The summed E-state index contributed by atoms with van der Waals surface area (Å²) in [5.41, 5.74) is 1.81. The number of rotatable bonds is 10. The maximum Gasteiger partial charge on any atom is 0.264 e. The molecule has 1 atom stereocenters. The average molecular weight is 621 g/mol. The highest BCUT2D eigenvalue weighted by atomic mass is 79.9. The van der Waals surface area contributed by atoms with E-state index in [9.17, 15) is 18.0 Å². The lowest BCUT2D eigenvalue weighted by Crippen LogP contribution is -2.52. The zero-order valence-corrected chi connectivity index (χ0v) is 24.8. The number of benzene rings is 3. The fourth-order valence-corrected chi connectivity index (χ4v) is 5.85. The lowest BCUT2D eigenvalue weighted by atomic mass is 10.1. The Hall–Kier alpha value is -2.88. The van der Waals surface area contributed by atoms with Gasteiger partial charge in [-0.25, -0.2) is 8.42 Å². The molecule has 0 saturated heterocycles. The van der Waals surface area contributed by atoms with Crippen molar-refractivity contribution in [3.8, 4) is 0 Å². The van der Waals surface area contributed by atoms with Crippen molar-refractivity contribution in [1.29, 1.82) is 0 Å². The monoisotopic (exact) mass is 619 g/mol. The van der Waals surface area contributed by atoms with Gasteiger partial charge in [-0.05, 0) is 75.2 Å². The number of amides is 2. The smallest absolute Gasteiger partial charge is 0.264 e. The van der Waals surface area contributed by atoms with E-state index in [1.807, 2.05) is 45.0 Å². The molecule has 1 N–H and O–H groups in total. The third-order valence-electron chi connectivity index (χ3n) is 5.89. The van der Waals surface area contributed by atoms with E-state index in [-0.39, 0.29) is 29.1 Å². The van der Waals surface area contributed by atoms with Crippen molar-refractivity contribution in [2.24, 2.45) is 0 Å². The van der Waals surface area contributed by atoms with Gasteiger partial charge in [0.25, 0.3) is 10.0 Å². The molecular weight excluding hydrogens is 590 g/mol. The number of sulfonamides is 1. The molecule has 38 heavy (non-hydrogen) atoms. The quantitative estimate of drug-likeness (QED) is 0.322. The number of nitrogens with zero attached hydrogens (tertiary/aromatic N) is 2. The van der Waals surface area contributed by atoms with E-state index in [1.54, 1.807) is 37.3 Å². The second-order valence-corrected chi connectivity index (χ2v) is 12.4. The summed E-state index contributed by atoms with van der Waals surface area (Å²) in [6, 6.07) is 19.1. The average Bonchev–Trinajstić information content (AvgIpc) is 2.87. The number of halogens is 2. The summed E-state index contributed by atoms with van der Waals surface area (Å²) in [5, 5.41) is 3.21. The SMILES string of the molecule is Cc1ccc(N(CC(=O)N(Cc2cccc(Br)c2)[C@H](C)C(=O)NC(C)C)S(=O)(=O)c2ccccc2)cc1Cl. The van der Waals surface area contributed by atoms with Gasteiger partial charge in [0.2, 0.25) is 11.8 Å². The van der Waals surface area contributed by atoms with Gasteiger partial charge in [0.15, 0.2) is 0 Å². The third kappa shape index (κ3) is 7.36. The highest BCUT2D eigenvalue weighted by molar-refractivity contribution is 9.10. The topological polar surface area (TPSA) is 86.8 Å². The fourth-order valence-electron chi connectivity index (χ4n) is 3.81. The standard InChI is InChI=1S/C28H31BrClN3O4S/c1-19(2)31-28(35)21(4)32(17-22-9-8-10-23(29)15-22)27(34)18-33(24-14-13-20(3)26(30)16-24)38(36,37)25-11-6-5-7-12-25/h5-16,19,21H,17-18H2,1-4H3,(H,31,35)/t21-/m1/s1. The molecule has 0 heterocycles. The van der Waals surface area contributed by atoms with Crippen LogP contribution < -0.4 is 9.62 Å². The summed E-state index contributed by atoms with van der Waals surface area (Å²) in [5.74, 6) is -0.869.